The second kappa shape index (κ2) is 4.19. The normalized spacial score (nSPS) is 11.1. The molecule has 0 saturated carbocycles. The summed E-state index contributed by atoms with van der Waals surface area (Å²) in [7, 11) is 0. The maximum absolute atomic E-state index is 2.46. The van der Waals surface area contributed by atoms with Gasteiger partial charge in [-0.1, -0.05) is 26.0 Å². The first-order chi connectivity index (χ1) is 6.76. The summed E-state index contributed by atoms with van der Waals surface area (Å²) in [4.78, 5) is 0. The van der Waals surface area contributed by atoms with E-state index in [-0.39, 0.29) is 0 Å². The maximum Gasteiger partial charge on any atom is 0.0697 e. The molecule has 1 heterocycles. The Bertz CT molecular complexity index is 457. The molecular weight excluding hydrogens is 303 g/mol. The number of hydrogen-bond acceptors (Lipinski definition) is 1. The van der Waals surface area contributed by atoms with Gasteiger partial charge in [-0.05, 0) is 58.0 Å². The highest BCUT2D eigenvalue weighted by Gasteiger charge is 2.08. The number of halogens is 1. The minimum atomic E-state index is 1.13. The molecule has 0 saturated heterocycles. The number of thiophene rings is 1. The summed E-state index contributed by atoms with van der Waals surface area (Å²) < 4.78 is 2.89. The molecule has 0 N–H and O–H groups in total. The Balaban J connectivity index is 2.71. The zero-order valence-electron chi connectivity index (χ0n) is 8.43. The molecule has 0 spiro atoms. The van der Waals surface area contributed by atoms with Gasteiger partial charge in [-0.2, -0.15) is 0 Å². The molecule has 1 aromatic heterocycles. The molecule has 0 amide bonds. The fraction of sp³-hybridized carbons (Fsp3) is 0.333. The highest BCUT2D eigenvalue weighted by molar-refractivity contribution is 14.1. The second-order valence-corrected chi connectivity index (χ2v) is 6.25. The van der Waals surface area contributed by atoms with Crippen LogP contribution in [0.5, 0.6) is 0 Å². The van der Waals surface area contributed by atoms with Gasteiger partial charge >= 0.3 is 0 Å². The molecule has 2 heteroatoms. The van der Waals surface area contributed by atoms with Crippen LogP contribution in [0.1, 0.15) is 25.0 Å². The molecule has 1 aromatic carbocycles. The lowest BCUT2D eigenvalue weighted by Crippen LogP contribution is -1.82. The lowest BCUT2D eigenvalue weighted by atomic mass is 10.1. The Labute approximate surface area is 102 Å². The van der Waals surface area contributed by atoms with Gasteiger partial charge in [0, 0.05) is 4.70 Å². The zero-order valence-corrected chi connectivity index (χ0v) is 11.4. The summed E-state index contributed by atoms with van der Waals surface area (Å²) in [5, 5.41) is 1.47. The first-order valence-corrected chi connectivity index (χ1v) is 6.85. The van der Waals surface area contributed by atoms with E-state index in [4.69, 9.17) is 0 Å². The molecule has 0 radical (unpaired) electrons. The summed E-state index contributed by atoms with van der Waals surface area (Å²) in [5.41, 5.74) is 2.97. The zero-order chi connectivity index (χ0) is 10.1. The molecule has 14 heavy (non-hydrogen) atoms. The van der Waals surface area contributed by atoms with Gasteiger partial charge in [0.1, 0.15) is 0 Å². The Morgan fingerprint density at radius 1 is 1.21 bits per heavy atom. The van der Waals surface area contributed by atoms with Crippen molar-refractivity contribution in [3.63, 3.8) is 0 Å². The standard InChI is InChI=1S/C12H13IS/c1-3-8-5-6-11-10(7-8)9(4-2)12(13)14-11/h5-7H,3-4H2,1-2H3. The van der Waals surface area contributed by atoms with Crippen LogP contribution in [0.4, 0.5) is 0 Å². The van der Waals surface area contributed by atoms with Crippen molar-refractivity contribution in [3.05, 3.63) is 32.2 Å². The third-order valence-corrected chi connectivity index (χ3v) is 4.88. The lowest BCUT2D eigenvalue weighted by Gasteiger charge is -1.98. The van der Waals surface area contributed by atoms with Crippen molar-refractivity contribution in [1.29, 1.82) is 0 Å². The smallest absolute Gasteiger partial charge is 0.0697 e. The molecule has 0 fully saturated rings. The lowest BCUT2D eigenvalue weighted by molar-refractivity contribution is 1.14. The first kappa shape index (κ1) is 10.4. The Morgan fingerprint density at radius 3 is 2.64 bits per heavy atom. The number of rotatable bonds is 2. The van der Waals surface area contributed by atoms with Crippen molar-refractivity contribution >= 4 is 44.0 Å². The first-order valence-electron chi connectivity index (χ1n) is 4.96. The van der Waals surface area contributed by atoms with Gasteiger partial charge in [-0.25, -0.2) is 0 Å². The van der Waals surface area contributed by atoms with Gasteiger partial charge in [0.25, 0.3) is 0 Å². The van der Waals surface area contributed by atoms with Crippen LogP contribution in [0, 0.1) is 2.88 Å². The number of benzene rings is 1. The second-order valence-electron chi connectivity index (χ2n) is 3.39. The average Bonchev–Trinajstić information content (AvgIpc) is 2.52. The molecular formula is C12H13IS. The van der Waals surface area contributed by atoms with E-state index in [0.29, 0.717) is 0 Å². The Hall–Kier alpha value is -0.0900. The topological polar surface area (TPSA) is 0 Å². The molecule has 2 rings (SSSR count). The minimum Gasteiger partial charge on any atom is -0.129 e. The fourth-order valence-electron chi connectivity index (χ4n) is 1.72. The summed E-state index contributed by atoms with van der Waals surface area (Å²) in [5.74, 6) is 0. The van der Waals surface area contributed by atoms with E-state index in [0.717, 1.165) is 12.8 Å². The van der Waals surface area contributed by atoms with E-state index in [1.165, 1.54) is 24.1 Å². The van der Waals surface area contributed by atoms with Crippen LogP contribution in [0.2, 0.25) is 0 Å². The van der Waals surface area contributed by atoms with Gasteiger partial charge in [0.15, 0.2) is 0 Å². The fourth-order valence-corrected chi connectivity index (χ4v) is 4.10. The van der Waals surface area contributed by atoms with Crippen LogP contribution in [-0.4, -0.2) is 0 Å². The van der Waals surface area contributed by atoms with Crippen LogP contribution >= 0.6 is 33.9 Å². The average molecular weight is 316 g/mol. The molecule has 0 atom stereocenters. The van der Waals surface area contributed by atoms with Crippen LogP contribution in [0.3, 0.4) is 0 Å². The predicted octanol–water partition coefficient (Wildman–Crippen LogP) is 4.63. The van der Waals surface area contributed by atoms with Gasteiger partial charge in [-0.3, -0.25) is 0 Å². The van der Waals surface area contributed by atoms with Crippen LogP contribution in [-0.2, 0) is 12.8 Å². The monoisotopic (exact) mass is 316 g/mol. The minimum absolute atomic E-state index is 1.13. The summed E-state index contributed by atoms with van der Waals surface area (Å²) in [6.45, 7) is 4.45. The van der Waals surface area contributed by atoms with Crippen LogP contribution < -0.4 is 0 Å². The largest absolute Gasteiger partial charge is 0.129 e. The predicted molar refractivity (Wildman–Crippen MR) is 73.3 cm³/mol. The molecule has 74 valence electrons. The van der Waals surface area contributed by atoms with E-state index in [9.17, 15) is 0 Å². The summed E-state index contributed by atoms with van der Waals surface area (Å²) in [6, 6.07) is 6.86. The number of fused-ring (bicyclic) bond motifs is 1. The van der Waals surface area contributed by atoms with Crippen molar-refractivity contribution in [2.75, 3.05) is 0 Å². The molecule has 0 bridgehead atoms. The SMILES string of the molecule is CCc1ccc2sc(I)c(CC)c2c1. The number of hydrogen-bond donors (Lipinski definition) is 0. The van der Waals surface area contributed by atoms with Gasteiger partial charge in [0.05, 0.1) is 2.88 Å². The van der Waals surface area contributed by atoms with E-state index < -0.39 is 0 Å². The van der Waals surface area contributed by atoms with Crippen LogP contribution in [0.25, 0.3) is 10.1 Å². The molecule has 0 aliphatic rings. The van der Waals surface area contributed by atoms with Crippen molar-refractivity contribution in [3.8, 4) is 0 Å². The summed E-state index contributed by atoms with van der Waals surface area (Å²) >= 11 is 4.37. The van der Waals surface area contributed by atoms with Crippen molar-refractivity contribution in [2.45, 2.75) is 26.7 Å². The molecule has 0 nitrogen and oxygen atoms in total. The summed E-state index contributed by atoms with van der Waals surface area (Å²) in [6.07, 6.45) is 2.27. The van der Waals surface area contributed by atoms with E-state index >= 15 is 0 Å². The van der Waals surface area contributed by atoms with Gasteiger partial charge in [-0.15, -0.1) is 11.3 Å². The molecule has 0 unspecified atom stereocenters. The quantitative estimate of drug-likeness (QED) is 0.709. The maximum atomic E-state index is 2.46. The van der Waals surface area contributed by atoms with E-state index in [2.05, 4.69) is 54.6 Å². The van der Waals surface area contributed by atoms with E-state index in [1.807, 2.05) is 11.3 Å². The molecule has 0 aliphatic heterocycles. The van der Waals surface area contributed by atoms with Crippen LogP contribution in [0.15, 0.2) is 18.2 Å². The molecule has 0 aliphatic carbocycles. The number of aryl methyl sites for hydroxylation is 2. The van der Waals surface area contributed by atoms with Crippen molar-refractivity contribution in [1.82, 2.24) is 0 Å². The Kier molecular flexibility index (Phi) is 3.12. The van der Waals surface area contributed by atoms with Gasteiger partial charge < -0.3 is 0 Å². The highest BCUT2D eigenvalue weighted by atomic mass is 127. The molecule has 2 aromatic rings. The highest BCUT2D eigenvalue weighted by Crippen LogP contribution is 2.33. The van der Waals surface area contributed by atoms with E-state index in [1.54, 1.807) is 0 Å². The Morgan fingerprint density at radius 2 is 2.00 bits per heavy atom. The van der Waals surface area contributed by atoms with Crippen molar-refractivity contribution in [2.24, 2.45) is 0 Å². The third kappa shape index (κ3) is 1.70. The van der Waals surface area contributed by atoms with Crippen molar-refractivity contribution < 1.29 is 0 Å². The van der Waals surface area contributed by atoms with Gasteiger partial charge in [0.2, 0.25) is 0 Å². The third-order valence-electron chi connectivity index (χ3n) is 2.57.